The van der Waals surface area contributed by atoms with Gasteiger partial charge in [0.15, 0.2) is 0 Å². The normalized spacial score (nSPS) is 12.3. The Morgan fingerprint density at radius 3 is 1.85 bits per heavy atom. The van der Waals surface area contributed by atoms with Crippen LogP contribution in [0.3, 0.4) is 0 Å². The number of hydrogen-bond acceptors (Lipinski definition) is 2. The van der Waals surface area contributed by atoms with Crippen molar-refractivity contribution in [3.63, 3.8) is 0 Å². The van der Waals surface area contributed by atoms with Gasteiger partial charge in [-0.25, -0.2) is 0 Å². The molecule has 142 valence electrons. The van der Waals surface area contributed by atoms with Crippen LogP contribution >= 0.6 is 0 Å². The highest BCUT2D eigenvalue weighted by molar-refractivity contribution is 6.21. The van der Waals surface area contributed by atoms with Crippen LogP contribution < -0.4 is 0 Å². The lowest BCUT2D eigenvalue weighted by Crippen LogP contribution is -2.30. The van der Waals surface area contributed by atoms with Crippen molar-refractivity contribution >= 4 is 11.8 Å². The third-order valence-corrected chi connectivity index (χ3v) is 4.68. The molecule has 0 aliphatic carbocycles. The van der Waals surface area contributed by atoms with E-state index >= 15 is 0 Å². The van der Waals surface area contributed by atoms with Crippen LogP contribution in [0.25, 0.3) is 0 Å². The number of rotatable bonds is 10. The van der Waals surface area contributed by atoms with Crippen LogP contribution in [0.2, 0.25) is 0 Å². The maximum absolute atomic E-state index is 12.3. The highest BCUT2D eigenvalue weighted by Gasteiger charge is 2.34. The summed E-state index contributed by atoms with van der Waals surface area (Å²) >= 11 is 0. The van der Waals surface area contributed by atoms with Crippen molar-refractivity contribution in [2.45, 2.75) is 71.1 Å². The van der Waals surface area contributed by atoms with E-state index in [1.54, 1.807) is 24.3 Å². The first-order valence-electron chi connectivity index (χ1n) is 10.2. The Balaban J connectivity index is 1.50. The van der Waals surface area contributed by atoms with E-state index < -0.39 is 0 Å². The molecule has 1 aliphatic heterocycles. The predicted octanol–water partition coefficient (Wildman–Crippen LogP) is 5.21. The number of amides is 2. The molecule has 1 aromatic rings. The van der Waals surface area contributed by atoms with Gasteiger partial charge < -0.3 is 0 Å². The van der Waals surface area contributed by atoms with E-state index in [4.69, 9.17) is 0 Å². The predicted molar refractivity (Wildman–Crippen MR) is 109 cm³/mol. The van der Waals surface area contributed by atoms with E-state index in [0.29, 0.717) is 17.7 Å². The lowest BCUT2D eigenvalue weighted by molar-refractivity contribution is 0.0651. The molecule has 2 rings (SSSR count). The SMILES string of the molecule is CCCC#CC#CCCCCCCCCCN1C(=O)c2ccccc2C1=O. The molecular weight excluding hydrogens is 334 g/mol. The number of carbonyl (C=O) groups is 2. The van der Waals surface area contributed by atoms with Crippen LogP contribution in [0.1, 0.15) is 91.8 Å². The van der Waals surface area contributed by atoms with E-state index in [9.17, 15) is 9.59 Å². The molecule has 2 amide bonds. The Labute approximate surface area is 163 Å². The summed E-state index contributed by atoms with van der Waals surface area (Å²) in [5.41, 5.74) is 1.09. The zero-order valence-corrected chi connectivity index (χ0v) is 16.4. The molecule has 0 radical (unpaired) electrons. The second-order valence-corrected chi connectivity index (χ2v) is 6.89. The third kappa shape index (κ3) is 6.61. The van der Waals surface area contributed by atoms with E-state index in [-0.39, 0.29) is 11.8 Å². The number of imide groups is 1. The molecule has 1 aliphatic rings. The minimum absolute atomic E-state index is 0.143. The van der Waals surface area contributed by atoms with Gasteiger partial charge in [-0.15, -0.1) is 0 Å². The summed E-state index contributed by atoms with van der Waals surface area (Å²) in [6.45, 7) is 2.65. The highest BCUT2D eigenvalue weighted by atomic mass is 16.2. The van der Waals surface area contributed by atoms with Crippen molar-refractivity contribution in [2.75, 3.05) is 6.54 Å². The van der Waals surface area contributed by atoms with Crippen LogP contribution in [-0.2, 0) is 0 Å². The molecule has 0 unspecified atom stereocenters. The van der Waals surface area contributed by atoms with Gasteiger partial charge in [0.25, 0.3) is 11.8 Å². The van der Waals surface area contributed by atoms with Crippen LogP contribution in [0.5, 0.6) is 0 Å². The first-order chi connectivity index (χ1) is 13.3. The Bertz CT molecular complexity index is 723. The average molecular weight is 364 g/mol. The summed E-state index contributed by atoms with van der Waals surface area (Å²) in [5, 5.41) is 0. The topological polar surface area (TPSA) is 37.4 Å². The van der Waals surface area contributed by atoms with Crippen molar-refractivity contribution in [2.24, 2.45) is 0 Å². The van der Waals surface area contributed by atoms with Crippen molar-refractivity contribution < 1.29 is 9.59 Å². The van der Waals surface area contributed by atoms with Gasteiger partial charge in [-0.2, -0.15) is 0 Å². The third-order valence-electron chi connectivity index (χ3n) is 4.68. The number of nitrogens with zero attached hydrogens (tertiary/aromatic N) is 1. The van der Waals surface area contributed by atoms with Gasteiger partial charge >= 0.3 is 0 Å². The maximum atomic E-state index is 12.3. The molecular formula is C24H29NO2. The Morgan fingerprint density at radius 2 is 1.26 bits per heavy atom. The van der Waals surface area contributed by atoms with E-state index in [1.165, 1.54) is 24.2 Å². The summed E-state index contributed by atoms with van der Waals surface area (Å²) in [7, 11) is 0. The lowest BCUT2D eigenvalue weighted by atomic mass is 10.1. The van der Waals surface area contributed by atoms with Crippen LogP contribution in [-0.4, -0.2) is 23.3 Å². The fourth-order valence-corrected chi connectivity index (χ4v) is 3.15. The van der Waals surface area contributed by atoms with E-state index in [1.807, 2.05) is 0 Å². The number of hydrogen-bond donors (Lipinski definition) is 0. The van der Waals surface area contributed by atoms with Gasteiger partial charge in [0.2, 0.25) is 0 Å². The van der Waals surface area contributed by atoms with Crippen molar-refractivity contribution in [1.82, 2.24) is 4.90 Å². The molecule has 0 atom stereocenters. The minimum atomic E-state index is -0.143. The van der Waals surface area contributed by atoms with Crippen molar-refractivity contribution in [1.29, 1.82) is 0 Å². The number of carbonyl (C=O) groups excluding carboxylic acids is 2. The number of benzene rings is 1. The Hall–Kier alpha value is -2.52. The molecule has 1 heterocycles. The average Bonchev–Trinajstić information content (AvgIpc) is 2.93. The van der Waals surface area contributed by atoms with Gasteiger partial charge in [0.1, 0.15) is 0 Å². The molecule has 0 aromatic heterocycles. The van der Waals surface area contributed by atoms with Crippen LogP contribution in [0.15, 0.2) is 24.3 Å². The first kappa shape index (κ1) is 20.8. The molecule has 3 nitrogen and oxygen atoms in total. The molecule has 3 heteroatoms. The molecule has 27 heavy (non-hydrogen) atoms. The van der Waals surface area contributed by atoms with Gasteiger partial charge in [-0.3, -0.25) is 14.5 Å². The van der Waals surface area contributed by atoms with Gasteiger partial charge in [-0.05, 0) is 43.2 Å². The summed E-state index contributed by atoms with van der Waals surface area (Å²) in [6.07, 6.45) is 10.8. The van der Waals surface area contributed by atoms with E-state index in [2.05, 4.69) is 30.6 Å². The molecule has 1 aromatic carbocycles. The minimum Gasteiger partial charge on any atom is -0.274 e. The molecule has 0 saturated heterocycles. The van der Waals surface area contributed by atoms with Gasteiger partial charge in [0, 0.05) is 19.4 Å². The van der Waals surface area contributed by atoms with Crippen LogP contribution in [0.4, 0.5) is 0 Å². The fourth-order valence-electron chi connectivity index (χ4n) is 3.15. The smallest absolute Gasteiger partial charge is 0.261 e. The fraction of sp³-hybridized carbons (Fsp3) is 0.500. The molecule has 0 spiro atoms. The standard InChI is InChI=1S/C24H29NO2/c1-2-3-4-5-6-7-8-9-10-11-12-13-14-17-20-25-23(26)21-18-15-16-19-22(21)24(25)27/h15-16,18-19H,2-3,8-14,17,20H2,1H3. The molecule has 0 fully saturated rings. The number of unbranched alkanes of at least 4 members (excludes halogenated alkanes) is 8. The van der Waals surface area contributed by atoms with Crippen molar-refractivity contribution in [3.05, 3.63) is 35.4 Å². The second-order valence-electron chi connectivity index (χ2n) is 6.89. The zero-order chi connectivity index (χ0) is 19.3. The summed E-state index contributed by atoms with van der Waals surface area (Å²) < 4.78 is 0. The second kappa shape index (κ2) is 12.0. The first-order valence-corrected chi connectivity index (χ1v) is 10.2. The van der Waals surface area contributed by atoms with E-state index in [0.717, 1.165) is 44.9 Å². The largest absolute Gasteiger partial charge is 0.274 e. The molecule has 0 saturated carbocycles. The van der Waals surface area contributed by atoms with Gasteiger partial charge in [0.05, 0.1) is 11.1 Å². The maximum Gasteiger partial charge on any atom is 0.261 e. The molecule has 0 N–H and O–H groups in total. The van der Waals surface area contributed by atoms with Crippen molar-refractivity contribution in [3.8, 4) is 23.7 Å². The highest BCUT2D eigenvalue weighted by Crippen LogP contribution is 2.22. The summed E-state index contributed by atoms with van der Waals surface area (Å²) in [6, 6.07) is 7.08. The lowest BCUT2D eigenvalue weighted by Gasteiger charge is -2.13. The Kier molecular flexibility index (Phi) is 9.22. The quantitative estimate of drug-likeness (QED) is 0.325. The van der Waals surface area contributed by atoms with Gasteiger partial charge in [-0.1, -0.05) is 63.0 Å². The zero-order valence-electron chi connectivity index (χ0n) is 16.4. The number of fused-ring (bicyclic) bond motifs is 1. The molecule has 0 bridgehead atoms. The monoisotopic (exact) mass is 363 g/mol. The summed E-state index contributed by atoms with van der Waals surface area (Å²) in [4.78, 5) is 25.9. The summed E-state index contributed by atoms with van der Waals surface area (Å²) in [5.74, 6) is 11.6. The Morgan fingerprint density at radius 1 is 0.741 bits per heavy atom. The van der Waals surface area contributed by atoms with Crippen LogP contribution in [0, 0.1) is 23.7 Å².